The molecule has 0 bridgehead atoms. The van der Waals surface area contributed by atoms with Crippen molar-refractivity contribution in [1.29, 1.82) is 0 Å². The third kappa shape index (κ3) is 3.09. The van der Waals surface area contributed by atoms with E-state index >= 15 is 0 Å². The van der Waals surface area contributed by atoms with Crippen molar-refractivity contribution in [3.63, 3.8) is 0 Å². The van der Waals surface area contributed by atoms with Gasteiger partial charge >= 0.3 is 0 Å². The van der Waals surface area contributed by atoms with Gasteiger partial charge < -0.3 is 5.73 Å². The Bertz CT molecular complexity index is 369. The third-order valence-corrected chi connectivity index (χ3v) is 4.17. The van der Waals surface area contributed by atoms with E-state index in [1.54, 1.807) is 0 Å². The van der Waals surface area contributed by atoms with Crippen LogP contribution in [0.1, 0.15) is 52.0 Å². The highest BCUT2D eigenvalue weighted by Crippen LogP contribution is 2.40. The van der Waals surface area contributed by atoms with Crippen LogP contribution in [0, 0.1) is 5.41 Å². The van der Waals surface area contributed by atoms with Crippen LogP contribution in [0.25, 0.3) is 0 Å². The fourth-order valence-electron chi connectivity index (χ4n) is 2.68. The Morgan fingerprint density at radius 2 is 1.94 bits per heavy atom. The number of rotatable bonds is 3. The molecule has 0 atom stereocenters. The minimum absolute atomic E-state index is 0.00285. The van der Waals surface area contributed by atoms with E-state index in [1.165, 1.54) is 18.4 Å². The zero-order valence-electron chi connectivity index (χ0n) is 11.4. The average molecular weight is 235 g/mol. The summed E-state index contributed by atoms with van der Waals surface area (Å²) in [5.74, 6) is 0. The van der Waals surface area contributed by atoms with Gasteiger partial charge in [0.05, 0.1) is 6.20 Å². The molecule has 1 aliphatic carbocycles. The highest BCUT2D eigenvalue weighted by atomic mass is 15.3. The summed E-state index contributed by atoms with van der Waals surface area (Å²) < 4.78 is 1.98. The fraction of sp³-hybridized carbons (Fsp3) is 0.786. The molecule has 0 saturated heterocycles. The Morgan fingerprint density at radius 3 is 2.47 bits per heavy atom. The van der Waals surface area contributed by atoms with E-state index in [-0.39, 0.29) is 5.54 Å². The second-order valence-electron chi connectivity index (χ2n) is 6.41. The SMILES string of the molecule is CCn1cc(CC2(N)CCC(C)(C)CC2)cn1. The van der Waals surface area contributed by atoms with Crippen LogP contribution < -0.4 is 5.73 Å². The van der Waals surface area contributed by atoms with Crippen LogP contribution in [0.3, 0.4) is 0 Å². The number of nitrogens with zero attached hydrogens (tertiary/aromatic N) is 2. The Hall–Kier alpha value is -0.830. The summed E-state index contributed by atoms with van der Waals surface area (Å²) in [5, 5.41) is 4.32. The van der Waals surface area contributed by atoms with Gasteiger partial charge in [-0.2, -0.15) is 5.10 Å². The molecule has 0 aromatic carbocycles. The minimum Gasteiger partial charge on any atom is -0.325 e. The molecule has 1 aromatic rings. The van der Waals surface area contributed by atoms with Crippen molar-refractivity contribution < 1.29 is 0 Å². The van der Waals surface area contributed by atoms with E-state index < -0.39 is 0 Å². The summed E-state index contributed by atoms with van der Waals surface area (Å²) in [6.07, 6.45) is 9.83. The lowest BCUT2D eigenvalue weighted by atomic mass is 9.68. The average Bonchev–Trinajstić information content (AvgIpc) is 2.71. The van der Waals surface area contributed by atoms with E-state index in [2.05, 4.69) is 32.1 Å². The predicted octanol–water partition coefficient (Wildman–Crippen LogP) is 2.74. The summed E-state index contributed by atoms with van der Waals surface area (Å²) in [7, 11) is 0. The Labute approximate surface area is 104 Å². The molecule has 3 nitrogen and oxygen atoms in total. The van der Waals surface area contributed by atoms with Crippen LogP contribution in [0.5, 0.6) is 0 Å². The third-order valence-electron chi connectivity index (χ3n) is 4.17. The lowest BCUT2D eigenvalue weighted by molar-refractivity contribution is 0.164. The van der Waals surface area contributed by atoms with E-state index in [4.69, 9.17) is 5.73 Å². The van der Waals surface area contributed by atoms with Gasteiger partial charge in [-0.3, -0.25) is 4.68 Å². The van der Waals surface area contributed by atoms with Crippen LogP contribution in [0.4, 0.5) is 0 Å². The number of aryl methyl sites for hydroxylation is 1. The van der Waals surface area contributed by atoms with Gasteiger partial charge in [-0.05, 0) is 50.0 Å². The zero-order valence-corrected chi connectivity index (χ0v) is 11.4. The van der Waals surface area contributed by atoms with Gasteiger partial charge in [-0.25, -0.2) is 0 Å². The lowest BCUT2D eigenvalue weighted by Crippen LogP contribution is -2.46. The molecule has 0 amide bonds. The van der Waals surface area contributed by atoms with Crippen LogP contribution in [-0.2, 0) is 13.0 Å². The normalized spacial score (nSPS) is 22.6. The molecule has 3 heteroatoms. The standard InChI is InChI=1S/C14H25N3/c1-4-17-11-12(10-16-17)9-14(15)7-5-13(2,3)6-8-14/h10-11H,4-9,15H2,1-3H3. The second kappa shape index (κ2) is 4.45. The van der Waals surface area contributed by atoms with Crippen molar-refractivity contribution in [1.82, 2.24) is 9.78 Å². The molecule has 1 fully saturated rings. The van der Waals surface area contributed by atoms with E-state index in [1.807, 2.05) is 10.9 Å². The smallest absolute Gasteiger partial charge is 0.0522 e. The fourth-order valence-corrected chi connectivity index (χ4v) is 2.68. The number of nitrogens with two attached hydrogens (primary N) is 1. The van der Waals surface area contributed by atoms with E-state index in [0.717, 1.165) is 25.8 Å². The molecule has 1 heterocycles. The minimum atomic E-state index is -0.00285. The Morgan fingerprint density at radius 1 is 1.29 bits per heavy atom. The quantitative estimate of drug-likeness (QED) is 0.875. The zero-order chi connectivity index (χ0) is 12.5. The van der Waals surface area contributed by atoms with Crippen LogP contribution >= 0.6 is 0 Å². The lowest BCUT2D eigenvalue weighted by Gasteiger charge is -2.41. The van der Waals surface area contributed by atoms with Gasteiger partial charge in [-0.15, -0.1) is 0 Å². The molecule has 0 spiro atoms. The predicted molar refractivity (Wildman–Crippen MR) is 70.8 cm³/mol. The number of aromatic nitrogens is 2. The first-order valence-electron chi connectivity index (χ1n) is 6.73. The summed E-state index contributed by atoms with van der Waals surface area (Å²) in [6, 6.07) is 0. The molecule has 0 aliphatic heterocycles. The second-order valence-corrected chi connectivity index (χ2v) is 6.41. The van der Waals surface area contributed by atoms with Crippen LogP contribution in [-0.4, -0.2) is 15.3 Å². The summed E-state index contributed by atoms with van der Waals surface area (Å²) in [6.45, 7) is 7.74. The maximum absolute atomic E-state index is 6.53. The molecule has 0 radical (unpaired) electrons. The summed E-state index contributed by atoms with van der Waals surface area (Å²) >= 11 is 0. The van der Waals surface area contributed by atoms with Gasteiger partial charge in [0, 0.05) is 18.3 Å². The largest absolute Gasteiger partial charge is 0.325 e. The molecule has 2 N–H and O–H groups in total. The van der Waals surface area contributed by atoms with Gasteiger partial charge in [-0.1, -0.05) is 13.8 Å². The van der Waals surface area contributed by atoms with E-state index in [9.17, 15) is 0 Å². The van der Waals surface area contributed by atoms with Crippen molar-refractivity contribution in [3.8, 4) is 0 Å². The van der Waals surface area contributed by atoms with Crippen molar-refractivity contribution in [3.05, 3.63) is 18.0 Å². The molecule has 1 aliphatic rings. The molecule has 17 heavy (non-hydrogen) atoms. The summed E-state index contributed by atoms with van der Waals surface area (Å²) in [4.78, 5) is 0. The van der Waals surface area contributed by atoms with Crippen molar-refractivity contribution in [2.24, 2.45) is 11.1 Å². The van der Waals surface area contributed by atoms with Gasteiger partial charge in [0.1, 0.15) is 0 Å². The van der Waals surface area contributed by atoms with Gasteiger partial charge in [0.15, 0.2) is 0 Å². The first kappa shape index (κ1) is 12.6. The van der Waals surface area contributed by atoms with E-state index in [0.29, 0.717) is 5.41 Å². The van der Waals surface area contributed by atoms with Crippen molar-refractivity contribution in [2.45, 2.75) is 65.0 Å². The summed E-state index contributed by atoms with van der Waals surface area (Å²) in [5.41, 5.74) is 8.29. The first-order chi connectivity index (χ1) is 7.92. The van der Waals surface area contributed by atoms with Crippen molar-refractivity contribution >= 4 is 0 Å². The maximum atomic E-state index is 6.53. The number of hydrogen-bond acceptors (Lipinski definition) is 2. The first-order valence-corrected chi connectivity index (χ1v) is 6.73. The molecule has 2 rings (SSSR count). The molecular formula is C14H25N3. The highest BCUT2D eigenvalue weighted by Gasteiger charge is 2.35. The topological polar surface area (TPSA) is 43.8 Å². The Kier molecular flexibility index (Phi) is 3.30. The van der Waals surface area contributed by atoms with Crippen LogP contribution in [0.15, 0.2) is 12.4 Å². The molecule has 1 saturated carbocycles. The monoisotopic (exact) mass is 235 g/mol. The molecular weight excluding hydrogens is 210 g/mol. The van der Waals surface area contributed by atoms with Crippen molar-refractivity contribution in [2.75, 3.05) is 0 Å². The Balaban J connectivity index is 1.98. The molecule has 96 valence electrons. The maximum Gasteiger partial charge on any atom is 0.0522 e. The van der Waals surface area contributed by atoms with Crippen LogP contribution in [0.2, 0.25) is 0 Å². The number of hydrogen-bond donors (Lipinski definition) is 1. The van der Waals surface area contributed by atoms with Gasteiger partial charge in [0.25, 0.3) is 0 Å². The molecule has 0 unspecified atom stereocenters. The highest BCUT2D eigenvalue weighted by molar-refractivity contribution is 5.11. The van der Waals surface area contributed by atoms with Gasteiger partial charge in [0.2, 0.25) is 0 Å². The molecule has 1 aromatic heterocycles.